The molecule has 0 radical (unpaired) electrons. The minimum atomic E-state index is -4.62. The summed E-state index contributed by atoms with van der Waals surface area (Å²) in [4.78, 5) is 81.4. The van der Waals surface area contributed by atoms with Crippen LogP contribution in [0.2, 0.25) is 0 Å². The molecule has 17 heteroatoms. The van der Waals surface area contributed by atoms with Crippen molar-refractivity contribution in [1.29, 1.82) is 0 Å². The van der Waals surface area contributed by atoms with E-state index in [4.69, 9.17) is 6.57 Å². The van der Waals surface area contributed by atoms with Gasteiger partial charge in [0, 0.05) is 70.4 Å². The highest BCUT2D eigenvalue weighted by Crippen LogP contribution is 2.40. The summed E-state index contributed by atoms with van der Waals surface area (Å²) >= 11 is 0. The molecule has 2 aromatic carbocycles. The van der Waals surface area contributed by atoms with E-state index in [0.29, 0.717) is 73.3 Å². The number of nitrogens with one attached hydrogen (secondary N) is 2. The number of imide groups is 2. The number of benzene rings is 2. The third-order valence-electron chi connectivity index (χ3n) is 12.6. The average molecular weight is 826 g/mol. The zero-order valence-electron chi connectivity index (χ0n) is 33.0. The lowest BCUT2D eigenvalue weighted by atomic mass is 9.93. The highest BCUT2D eigenvalue weighted by molar-refractivity contribution is 6.25. The summed E-state index contributed by atoms with van der Waals surface area (Å²) < 4.78 is 40.4. The second-order valence-electron chi connectivity index (χ2n) is 16.2. The van der Waals surface area contributed by atoms with Crippen LogP contribution in [0.15, 0.2) is 54.7 Å². The topological polar surface area (TPSA) is 143 Å². The van der Waals surface area contributed by atoms with Crippen LogP contribution in [-0.4, -0.2) is 109 Å². The SMILES string of the molecule is [C-]#[N+]c1ccc(N2CCC(C(=O)Nc3ccc(N4CCC(CCN5CCN(c6cccc7c6C(=O)N(C6CCC(=O)NC6=O)C7=O)CC5)CC4)cn3)CC2)cc1C(F)(F)F. The van der Waals surface area contributed by atoms with Crippen LogP contribution in [0.3, 0.4) is 0 Å². The van der Waals surface area contributed by atoms with Crippen molar-refractivity contribution in [2.24, 2.45) is 11.8 Å². The molecule has 1 unspecified atom stereocenters. The lowest BCUT2D eigenvalue weighted by Gasteiger charge is -2.38. The van der Waals surface area contributed by atoms with Crippen LogP contribution in [0, 0.1) is 18.4 Å². The van der Waals surface area contributed by atoms with E-state index in [0.717, 1.165) is 68.6 Å². The van der Waals surface area contributed by atoms with Gasteiger partial charge in [-0.2, -0.15) is 13.2 Å². The van der Waals surface area contributed by atoms with E-state index in [1.807, 2.05) is 17.0 Å². The fourth-order valence-electron chi connectivity index (χ4n) is 9.14. The van der Waals surface area contributed by atoms with Gasteiger partial charge in [0.15, 0.2) is 5.69 Å². The molecular formula is C43H46F3N9O5. The van der Waals surface area contributed by atoms with Gasteiger partial charge in [-0.3, -0.25) is 39.1 Å². The van der Waals surface area contributed by atoms with Gasteiger partial charge in [0.25, 0.3) is 11.8 Å². The maximum absolute atomic E-state index is 13.6. The average Bonchev–Trinajstić information content (AvgIpc) is 3.51. The quantitative estimate of drug-likeness (QED) is 0.215. The van der Waals surface area contributed by atoms with Crippen LogP contribution in [0.25, 0.3) is 4.85 Å². The highest BCUT2D eigenvalue weighted by atomic mass is 19.4. The Hall–Kier alpha value is -6.02. The van der Waals surface area contributed by atoms with E-state index in [1.165, 1.54) is 12.1 Å². The number of pyridine rings is 1. The first kappa shape index (κ1) is 40.7. The summed E-state index contributed by atoms with van der Waals surface area (Å²) in [6.07, 6.45) is 1.50. The fraction of sp³-hybridized carbons (Fsp3) is 0.465. The van der Waals surface area contributed by atoms with Crippen molar-refractivity contribution in [3.63, 3.8) is 0 Å². The number of hydrogen-bond donors (Lipinski definition) is 2. The predicted octanol–water partition coefficient (Wildman–Crippen LogP) is 5.34. The van der Waals surface area contributed by atoms with Gasteiger partial charge in [0.1, 0.15) is 11.9 Å². The molecule has 1 atom stereocenters. The number of halogens is 3. The summed E-state index contributed by atoms with van der Waals surface area (Å²) in [7, 11) is 0. The van der Waals surface area contributed by atoms with Gasteiger partial charge in [0.2, 0.25) is 17.7 Å². The van der Waals surface area contributed by atoms with Crippen LogP contribution in [0.4, 0.5) is 41.7 Å². The molecule has 3 aromatic rings. The maximum Gasteiger partial charge on any atom is 0.407 e. The zero-order valence-corrected chi connectivity index (χ0v) is 33.0. The van der Waals surface area contributed by atoms with E-state index in [1.54, 1.807) is 24.4 Å². The number of carbonyl (C=O) groups excluding carboxylic acids is 5. The molecule has 1 aromatic heterocycles. The van der Waals surface area contributed by atoms with Crippen molar-refractivity contribution < 1.29 is 37.1 Å². The maximum atomic E-state index is 13.6. The number of piperazine rings is 1. The van der Waals surface area contributed by atoms with Gasteiger partial charge in [-0.1, -0.05) is 12.1 Å². The number of anilines is 4. The summed E-state index contributed by atoms with van der Waals surface area (Å²) in [6, 6.07) is 11.8. The van der Waals surface area contributed by atoms with Crippen LogP contribution in [-0.2, 0) is 20.6 Å². The third kappa shape index (κ3) is 8.38. The first-order valence-corrected chi connectivity index (χ1v) is 20.6. The number of aromatic nitrogens is 1. The molecule has 5 aliphatic rings. The number of rotatable bonds is 9. The molecule has 314 valence electrons. The van der Waals surface area contributed by atoms with Gasteiger partial charge in [-0.25, -0.2) is 9.83 Å². The van der Waals surface area contributed by atoms with E-state index in [9.17, 15) is 37.1 Å². The molecule has 5 amide bonds. The first-order chi connectivity index (χ1) is 28.9. The molecule has 6 heterocycles. The molecule has 60 heavy (non-hydrogen) atoms. The van der Waals surface area contributed by atoms with E-state index in [2.05, 4.69) is 35.2 Å². The Bertz CT molecular complexity index is 2200. The molecule has 4 saturated heterocycles. The van der Waals surface area contributed by atoms with Crippen LogP contribution < -0.4 is 25.3 Å². The molecule has 14 nitrogen and oxygen atoms in total. The number of hydrogen-bond acceptors (Lipinski definition) is 10. The smallest absolute Gasteiger partial charge is 0.372 e. The predicted molar refractivity (Wildman–Crippen MR) is 217 cm³/mol. The molecule has 0 bridgehead atoms. The molecule has 0 spiro atoms. The lowest BCUT2D eigenvalue weighted by molar-refractivity contribution is -0.137. The van der Waals surface area contributed by atoms with Gasteiger partial charge in [0.05, 0.1) is 40.8 Å². The van der Waals surface area contributed by atoms with Crippen LogP contribution in [0.5, 0.6) is 0 Å². The number of fused-ring (bicyclic) bond motifs is 1. The van der Waals surface area contributed by atoms with Crippen molar-refractivity contribution in [2.75, 3.05) is 78.9 Å². The number of piperidine rings is 3. The Balaban J connectivity index is 0.758. The van der Waals surface area contributed by atoms with Crippen molar-refractivity contribution >= 4 is 58.1 Å². The summed E-state index contributed by atoms with van der Waals surface area (Å²) in [5.74, 6) is -1.43. The Morgan fingerprint density at radius 2 is 1.53 bits per heavy atom. The molecule has 0 saturated carbocycles. The van der Waals surface area contributed by atoms with Gasteiger partial charge >= 0.3 is 6.18 Å². The van der Waals surface area contributed by atoms with E-state index in [-0.39, 0.29) is 24.7 Å². The highest BCUT2D eigenvalue weighted by Gasteiger charge is 2.46. The molecule has 2 N–H and O–H groups in total. The second kappa shape index (κ2) is 16.9. The largest absolute Gasteiger partial charge is 0.407 e. The monoisotopic (exact) mass is 825 g/mol. The Labute approximate surface area is 345 Å². The van der Waals surface area contributed by atoms with Crippen molar-refractivity contribution in [3.8, 4) is 0 Å². The molecule has 0 aliphatic carbocycles. The van der Waals surface area contributed by atoms with Gasteiger partial charge < -0.3 is 20.0 Å². The molecule has 5 aliphatic heterocycles. The minimum absolute atomic E-state index is 0.0760. The normalized spacial score (nSPS) is 20.9. The van der Waals surface area contributed by atoms with Gasteiger partial charge in [-0.15, -0.1) is 0 Å². The van der Waals surface area contributed by atoms with E-state index >= 15 is 0 Å². The fourth-order valence-corrected chi connectivity index (χ4v) is 9.14. The van der Waals surface area contributed by atoms with E-state index < -0.39 is 47.1 Å². The van der Waals surface area contributed by atoms with Crippen LogP contribution >= 0.6 is 0 Å². The number of amides is 5. The number of alkyl halides is 3. The van der Waals surface area contributed by atoms with Crippen LogP contribution in [0.1, 0.15) is 71.2 Å². The third-order valence-corrected chi connectivity index (χ3v) is 12.6. The summed E-state index contributed by atoms with van der Waals surface area (Å²) in [5, 5.41) is 5.16. The second-order valence-corrected chi connectivity index (χ2v) is 16.2. The standard InChI is InChI=1S/C43H46F3N9O5/c1-47-33-7-5-29(25-32(33)43(44,45)46)52-19-14-28(15-20-52)39(57)49-36-9-6-30(26-48-36)53-17-12-27(13-18-53)11-16-51-21-23-54(24-22-51)34-4-2-3-31-38(34)42(60)55(41(31)59)35-8-10-37(56)50-40(35)58/h2-7,9,25-28,35H,8,10-24H2,(H,48,49,57)(H,50,56,58). The first-order valence-electron chi connectivity index (χ1n) is 20.6. The van der Waals surface area contributed by atoms with Gasteiger partial charge in [-0.05, 0) is 87.4 Å². The summed E-state index contributed by atoms with van der Waals surface area (Å²) in [6.45, 7) is 13.7. The van der Waals surface area contributed by atoms with Crippen molar-refractivity contribution in [2.45, 2.75) is 57.2 Å². The molecule has 4 fully saturated rings. The van der Waals surface area contributed by atoms with Crippen molar-refractivity contribution in [3.05, 3.63) is 82.8 Å². The zero-order chi connectivity index (χ0) is 42.1. The minimum Gasteiger partial charge on any atom is -0.372 e. The molecule has 8 rings (SSSR count). The van der Waals surface area contributed by atoms with Crippen molar-refractivity contribution in [1.82, 2.24) is 20.1 Å². The molecular weight excluding hydrogens is 780 g/mol. The Kier molecular flexibility index (Phi) is 11.5. The number of carbonyl (C=O) groups is 5. The lowest BCUT2D eigenvalue weighted by Crippen LogP contribution is -2.54. The number of nitrogens with zero attached hydrogens (tertiary/aromatic N) is 7. The Morgan fingerprint density at radius 1 is 0.833 bits per heavy atom. The Morgan fingerprint density at radius 3 is 2.20 bits per heavy atom. The summed E-state index contributed by atoms with van der Waals surface area (Å²) in [5.41, 5.74) is 1.33.